The summed E-state index contributed by atoms with van der Waals surface area (Å²) in [6.45, 7) is 0. The Morgan fingerprint density at radius 3 is 2.85 bits per heavy atom. The summed E-state index contributed by atoms with van der Waals surface area (Å²) >= 11 is 0.879. The second kappa shape index (κ2) is 2.74. The first-order valence-electron chi connectivity index (χ1n) is 3.35. The van der Waals surface area contributed by atoms with E-state index in [1.54, 1.807) is 6.07 Å². The van der Waals surface area contributed by atoms with E-state index in [0.717, 1.165) is 11.3 Å². The predicted molar refractivity (Wildman–Crippen MR) is 47.9 cm³/mol. The van der Waals surface area contributed by atoms with E-state index in [0.29, 0.717) is 10.1 Å². The lowest BCUT2D eigenvalue weighted by atomic mass is 10.3. The van der Waals surface area contributed by atoms with Gasteiger partial charge in [0.2, 0.25) is 0 Å². The summed E-state index contributed by atoms with van der Waals surface area (Å²) in [5.41, 5.74) is 0. The van der Waals surface area contributed by atoms with Crippen molar-refractivity contribution in [1.29, 1.82) is 0 Å². The molecule has 0 aliphatic rings. The van der Waals surface area contributed by atoms with E-state index in [2.05, 4.69) is 4.98 Å². The fourth-order valence-corrected chi connectivity index (χ4v) is 2.68. The number of nitrogens with zero attached hydrogens (tertiary/aromatic N) is 1. The smallest absolute Gasteiger partial charge is 0.263 e. The number of pyridine rings is 1. The molecule has 0 radical (unpaired) electrons. The van der Waals surface area contributed by atoms with Gasteiger partial charge in [0.05, 0.1) is 4.70 Å². The molecule has 13 heavy (non-hydrogen) atoms. The van der Waals surface area contributed by atoms with Crippen LogP contribution in [0.1, 0.15) is 0 Å². The molecule has 68 valence electrons. The van der Waals surface area contributed by atoms with E-state index in [4.69, 9.17) is 0 Å². The average molecular weight is 217 g/mol. The Morgan fingerprint density at radius 1 is 1.46 bits per heavy atom. The van der Waals surface area contributed by atoms with Crippen LogP contribution in [0.3, 0.4) is 0 Å². The third-order valence-corrected chi connectivity index (χ3v) is 3.87. The van der Waals surface area contributed by atoms with Gasteiger partial charge < -0.3 is 0 Å². The van der Waals surface area contributed by atoms with Crippen molar-refractivity contribution >= 4 is 31.6 Å². The molecule has 0 N–H and O–H groups in total. The summed E-state index contributed by atoms with van der Waals surface area (Å²) in [6, 6.07) is 2.94. The summed E-state index contributed by atoms with van der Waals surface area (Å²) in [7, 11) is -4.57. The van der Waals surface area contributed by atoms with Crippen molar-refractivity contribution in [3.63, 3.8) is 0 Å². The molecule has 0 saturated heterocycles. The lowest BCUT2D eigenvalue weighted by Crippen LogP contribution is -1.84. The van der Waals surface area contributed by atoms with Gasteiger partial charge in [-0.2, -0.15) is 8.42 Å². The number of aromatic nitrogens is 1. The summed E-state index contributed by atoms with van der Waals surface area (Å²) in [6.07, 6.45) is 3.04. The quantitative estimate of drug-likeness (QED) is 0.686. The van der Waals surface area contributed by atoms with Gasteiger partial charge in [-0.05, 0) is 17.5 Å². The summed E-state index contributed by atoms with van der Waals surface area (Å²) in [4.78, 5) is 3.80. The monoisotopic (exact) mass is 217 g/mol. The number of hydrogen-bond acceptors (Lipinski definition) is 4. The number of halogens is 1. The second-order valence-electron chi connectivity index (χ2n) is 2.42. The van der Waals surface area contributed by atoms with Crippen LogP contribution in [0, 0.1) is 0 Å². The van der Waals surface area contributed by atoms with Crippen molar-refractivity contribution in [2.45, 2.75) is 4.21 Å². The minimum atomic E-state index is -4.57. The Bertz CT molecular complexity index is 513. The van der Waals surface area contributed by atoms with Crippen LogP contribution in [0.25, 0.3) is 10.1 Å². The van der Waals surface area contributed by atoms with Crippen molar-refractivity contribution in [2.24, 2.45) is 0 Å². The largest absolute Gasteiger partial charge is 0.341 e. The zero-order valence-corrected chi connectivity index (χ0v) is 7.90. The van der Waals surface area contributed by atoms with Crippen molar-refractivity contribution in [2.75, 3.05) is 0 Å². The second-order valence-corrected chi connectivity index (χ2v) is 5.07. The summed E-state index contributed by atoms with van der Waals surface area (Å²) in [5, 5.41) is 0.691. The van der Waals surface area contributed by atoms with Gasteiger partial charge in [0.1, 0.15) is 0 Å². The molecule has 0 bridgehead atoms. The van der Waals surface area contributed by atoms with Crippen molar-refractivity contribution in [3.05, 3.63) is 24.5 Å². The molecule has 0 aliphatic heterocycles. The average Bonchev–Trinajstić information content (AvgIpc) is 2.45. The summed E-state index contributed by atoms with van der Waals surface area (Å²) < 4.78 is 34.0. The normalized spacial score (nSPS) is 12.1. The maximum atomic E-state index is 12.5. The van der Waals surface area contributed by atoms with Crippen LogP contribution >= 0.6 is 11.3 Å². The number of hydrogen-bond donors (Lipinski definition) is 0. The molecule has 0 atom stereocenters. The SMILES string of the molecule is O=S(=O)(F)c1cc2ccncc2s1. The first kappa shape index (κ1) is 8.58. The van der Waals surface area contributed by atoms with E-state index in [1.807, 2.05) is 0 Å². The molecule has 0 aliphatic carbocycles. The Morgan fingerprint density at radius 2 is 2.23 bits per heavy atom. The predicted octanol–water partition coefficient (Wildman–Crippen LogP) is 1.95. The molecule has 0 unspecified atom stereocenters. The van der Waals surface area contributed by atoms with Crippen LogP contribution in [0.15, 0.2) is 28.7 Å². The lowest BCUT2D eigenvalue weighted by Gasteiger charge is -1.82. The highest BCUT2D eigenvalue weighted by Crippen LogP contribution is 2.28. The van der Waals surface area contributed by atoms with Gasteiger partial charge in [-0.15, -0.1) is 11.3 Å². The van der Waals surface area contributed by atoms with Crippen LogP contribution in [0.5, 0.6) is 0 Å². The Hall–Kier alpha value is -1.01. The van der Waals surface area contributed by atoms with Gasteiger partial charge in [-0.25, -0.2) is 0 Å². The maximum absolute atomic E-state index is 12.5. The fraction of sp³-hybridized carbons (Fsp3) is 0. The maximum Gasteiger partial charge on any atom is 0.341 e. The molecule has 2 aromatic heterocycles. The molecule has 2 heterocycles. The summed E-state index contributed by atoms with van der Waals surface area (Å²) in [5.74, 6) is 0. The van der Waals surface area contributed by atoms with Gasteiger partial charge in [0.25, 0.3) is 0 Å². The van der Waals surface area contributed by atoms with Crippen LogP contribution in [-0.4, -0.2) is 13.4 Å². The molecule has 0 fully saturated rings. The molecule has 0 saturated carbocycles. The van der Waals surface area contributed by atoms with Crippen molar-refractivity contribution < 1.29 is 12.3 Å². The van der Waals surface area contributed by atoms with E-state index in [-0.39, 0.29) is 4.21 Å². The van der Waals surface area contributed by atoms with E-state index in [9.17, 15) is 12.3 Å². The third-order valence-electron chi connectivity index (χ3n) is 1.54. The van der Waals surface area contributed by atoms with Crippen LogP contribution in [0.4, 0.5) is 3.89 Å². The highest BCUT2D eigenvalue weighted by atomic mass is 32.3. The Kier molecular flexibility index (Phi) is 1.81. The topological polar surface area (TPSA) is 47.0 Å². The number of rotatable bonds is 1. The zero-order valence-electron chi connectivity index (χ0n) is 6.27. The van der Waals surface area contributed by atoms with Crippen molar-refractivity contribution in [1.82, 2.24) is 4.98 Å². The molecule has 0 amide bonds. The number of fused-ring (bicyclic) bond motifs is 1. The van der Waals surface area contributed by atoms with Crippen LogP contribution < -0.4 is 0 Å². The molecular weight excluding hydrogens is 213 g/mol. The lowest BCUT2D eigenvalue weighted by molar-refractivity contribution is 0.554. The highest BCUT2D eigenvalue weighted by molar-refractivity contribution is 7.88. The van der Waals surface area contributed by atoms with E-state index >= 15 is 0 Å². The fourth-order valence-electron chi connectivity index (χ4n) is 0.980. The van der Waals surface area contributed by atoms with Crippen LogP contribution in [0.2, 0.25) is 0 Å². The van der Waals surface area contributed by atoms with Gasteiger partial charge >= 0.3 is 10.2 Å². The third kappa shape index (κ3) is 1.54. The molecule has 2 rings (SSSR count). The van der Waals surface area contributed by atoms with Gasteiger partial charge in [-0.3, -0.25) is 4.98 Å². The minimum Gasteiger partial charge on any atom is -0.263 e. The first-order chi connectivity index (χ1) is 6.07. The van der Waals surface area contributed by atoms with E-state index < -0.39 is 10.2 Å². The number of thiophene rings is 1. The first-order valence-corrected chi connectivity index (χ1v) is 5.55. The molecule has 2 aromatic rings. The van der Waals surface area contributed by atoms with Gasteiger partial charge in [0.15, 0.2) is 4.21 Å². The van der Waals surface area contributed by atoms with Crippen LogP contribution in [-0.2, 0) is 10.2 Å². The standard InChI is InChI=1S/C7H4FNO2S2/c8-13(10,11)7-3-5-1-2-9-4-6(5)12-7/h1-4H. The van der Waals surface area contributed by atoms with Crippen molar-refractivity contribution in [3.8, 4) is 0 Å². The molecule has 3 nitrogen and oxygen atoms in total. The minimum absolute atomic E-state index is 0.268. The molecule has 0 spiro atoms. The van der Waals surface area contributed by atoms with Gasteiger partial charge in [0, 0.05) is 12.4 Å². The Labute approximate surface area is 78.1 Å². The molecular formula is C7H4FNO2S2. The highest BCUT2D eigenvalue weighted by Gasteiger charge is 2.15. The molecule has 0 aromatic carbocycles. The molecule has 6 heteroatoms. The Balaban J connectivity index is 2.77. The van der Waals surface area contributed by atoms with E-state index in [1.165, 1.54) is 18.5 Å². The zero-order chi connectivity index (χ0) is 9.47. The van der Waals surface area contributed by atoms with Gasteiger partial charge in [-0.1, -0.05) is 3.89 Å².